The quantitative estimate of drug-likeness (QED) is 0.556. The van der Waals surface area contributed by atoms with E-state index in [1.165, 1.54) is 25.1 Å². The Labute approximate surface area is 102 Å². The molecule has 0 heterocycles. The van der Waals surface area contributed by atoms with E-state index in [-0.39, 0.29) is 11.6 Å². The summed E-state index contributed by atoms with van der Waals surface area (Å²) in [6, 6.07) is 4.01. The van der Waals surface area contributed by atoms with E-state index in [4.69, 9.17) is 4.74 Å². The van der Waals surface area contributed by atoms with Crippen LogP contribution in [0.1, 0.15) is 44.0 Å². The summed E-state index contributed by atoms with van der Waals surface area (Å²) in [7, 11) is 0. The van der Waals surface area contributed by atoms with Gasteiger partial charge in [0.05, 0.1) is 12.2 Å². The number of carbonyl (C=O) groups is 1. The number of hydrogen-bond donors (Lipinski definition) is 0. The highest BCUT2D eigenvalue weighted by Gasteiger charge is 2.09. The highest BCUT2D eigenvalue weighted by Crippen LogP contribution is 2.21. The predicted molar refractivity (Wildman–Crippen MR) is 66.0 cm³/mol. The molecule has 0 atom stereocenters. The number of benzene rings is 1. The van der Waals surface area contributed by atoms with Crippen LogP contribution in [0.2, 0.25) is 0 Å². The Morgan fingerprint density at radius 2 is 2.12 bits per heavy atom. The van der Waals surface area contributed by atoms with Crippen molar-refractivity contribution in [1.29, 1.82) is 0 Å². The van der Waals surface area contributed by atoms with Crippen LogP contribution in [0.3, 0.4) is 0 Å². The molecule has 1 rings (SSSR count). The second-order valence-corrected chi connectivity index (χ2v) is 4.58. The number of rotatable bonds is 6. The third-order valence-corrected chi connectivity index (χ3v) is 2.51. The summed E-state index contributed by atoms with van der Waals surface area (Å²) in [4.78, 5) is 11.3. The summed E-state index contributed by atoms with van der Waals surface area (Å²) in [5, 5.41) is 0. The van der Waals surface area contributed by atoms with Crippen molar-refractivity contribution in [3.05, 3.63) is 29.6 Å². The number of Topliss-reactive ketones (excluding diaryl/α,β-unsaturated/α-hetero) is 1. The molecule has 17 heavy (non-hydrogen) atoms. The minimum absolute atomic E-state index is 0.108. The second kappa shape index (κ2) is 6.38. The zero-order valence-corrected chi connectivity index (χ0v) is 10.6. The lowest BCUT2D eigenvalue weighted by atomic mass is 10.1. The summed E-state index contributed by atoms with van der Waals surface area (Å²) in [5.41, 5.74) is 0.441. The van der Waals surface area contributed by atoms with E-state index >= 15 is 0 Å². The van der Waals surface area contributed by atoms with Crippen LogP contribution in [0.25, 0.3) is 0 Å². The van der Waals surface area contributed by atoms with E-state index in [0.29, 0.717) is 23.8 Å². The number of halogens is 1. The molecule has 0 fully saturated rings. The fourth-order valence-corrected chi connectivity index (χ4v) is 1.58. The number of hydrogen-bond acceptors (Lipinski definition) is 2. The third kappa shape index (κ3) is 4.55. The summed E-state index contributed by atoms with van der Waals surface area (Å²) in [6.45, 7) is 6.25. The van der Waals surface area contributed by atoms with Crippen molar-refractivity contribution in [2.75, 3.05) is 6.61 Å². The minimum Gasteiger partial charge on any atom is -0.493 e. The Kier molecular flexibility index (Phi) is 5.13. The van der Waals surface area contributed by atoms with Crippen molar-refractivity contribution < 1.29 is 13.9 Å². The molecular formula is C14H19FO2. The van der Waals surface area contributed by atoms with Crippen LogP contribution >= 0.6 is 0 Å². The van der Waals surface area contributed by atoms with Gasteiger partial charge in [-0.25, -0.2) is 4.39 Å². The Hall–Kier alpha value is -1.38. The second-order valence-electron chi connectivity index (χ2n) is 4.58. The average molecular weight is 238 g/mol. The summed E-state index contributed by atoms with van der Waals surface area (Å²) in [6.07, 6.45) is 1.97. The smallest absolute Gasteiger partial charge is 0.163 e. The molecule has 0 radical (unpaired) electrons. The standard InChI is InChI=1S/C14H19FO2/c1-10(2)5-4-8-17-14-9-12(15)6-7-13(14)11(3)16/h6-7,9-10H,4-5,8H2,1-3H3. The highest BCUT2D eigenvalue weighted by molar-refractivity contribution is 5.96. The van der Waals surface area contributed by atoms with Gasteiger partial charge in [-0.2, -0.15) is 0 Å². The summed E-state index contributed by atoms with van der Waals surface area (Å²) >= 11 is 0. The molecule has 0 unspecified atom stereocenters. The van der Waals surface area contributed by atoms with Gasteiger partial charge >= 0.3 is 0 Å². The van der Waals surface area contributed by atoms with Crippen molar-refractivity contribution >= 4 is 5.78 Å². The van der Waals surface area contributed by atoms with Gasteiger partial charge in [0.25, 0.3) is 0 Å². The van der Waals surface area contributed by atoms with Crippen LogP contribution < -0.4 is 4.74 Å². The van der Waals surface area contributed by atoms with Crippen molar-refractivity contribution in [2.24, 2.45) is 5.92 Å². The van der Waals surface area contributed by atoms with E-state index in [9.17, 15) is 9.18 Å². The first-order valence-electron chi connectivity index (χ1n) is 5.94. The Morgan fingerprint density at radius 1 is 1.41 bits per heavy atom. The zero-order chi connectivity index (χ0) is 12.8. The molecule has 0 aliphatic rings. The molecule has 2 nitrogen and oxygen atoms in total. The molecule has 1 aromatic rings. The Morgan fingerprint density at radius 3 is 2.71 bits per heavy atom. The Bertz CT molecular complexity index is 386. The van der Waals surface area contributed by atoms with E-state index in [1.54, 1.807) is 0 Å². The average Bonchev–Trinajstić information content (AvgIpc) is 2.23. The van der Waals surface area contributed by atoms with Gasteiger partial charge in [-0.05, 0) is 37.8 Å². The largest absolute Gasteiger partial charge is 0.493 e. The van der Waals surface area contributed by atoms with Gasteiger partial charge in [-0.15, -0.1) is 0 Å². The highest BCUT2D eigenvalue weighted by atomic mass is 19.1. The number of ether oxygens (including phenoxy) is 1. The lowest BCUT2D eigenvalue weighted by Crippen LogP contribution is -2.04. The van der Waals surface area contributed by atoms with Crippen molar-refractivity contribution in [3.63, 3.8) is 0 Å². The number of ketones is 1. The maximum absolute atomic E-state index is 13.1. The Balaban J connectivity index is 2.62. The molecule has 0 aromatic heterocycles. The SMILES string of the molecule is CC(=O)c1ccc(F)cc1OCCCC(C)C. The lowest BCUT2D eigenvalue weighted by molar-refractivity contribution is 0.101. The fraction of sp³-hybridized carbons (Fsp3) is 0.500. The molecule has 94 valence electrons. The summed E-state index contributed by atoms with van der Waals surface area (Å²) < 4.78 is 18.5. The van der Waals surface area contributed by atoms with Crippen LogP contribution in [-0.2, 0) is 0 Å². The van der Waals surface area contributed by atoms with Crippen molar-refractivity contribution in [2.45, 2.75) is 33.6 Å². The first-order chi connectivity index (χ1) is 8.00. The van der Waals surface area contributed by atoms with Gasteiger partial charge in [0, 0.05) is 6.07 Å². The maximum atomic E-state index is 13.1. The number of carbonyl (C=O) groups excluding carboxylic acids is 1. The molecule has 0 saturated carbocycles. The van der Waals surface area contributed by atoms with Crippen LogP contribution in [0.15, 0.2) is 18.2 Å². The molecular weight excluding hydrogens is 219 g/mol. The van der Waals surface area contributed by atoms with Gasteiger partial charge in [-0.3, -0.25) is 4.79 Å². The minimum atomic E-state index is -0.381. The van der Waals surface area contributed by atoms with E-state index < -0.39 is 0 Å². The molecule has 0 spiro atoms. The molecule has 0 amide bonds. The van der Waals surface area contributed by atoms with E-state index in [0.717, 1.165) is 12.8 Å². The summed E-state index contributed by atoms with van der Waals surface area (Å²) in [5.74, 6) is 0.484. The molecule has 3 heteroatoms. The van der Waals surface area contributed by atoms with Gasteiger partial charge < -0.3 is 4.74 Å². The molecule has 0 aliphatic carbocycles. The monoisotopic (exact) mass is 238 g/mol. The third-order valence-electron chi connectivity index (χ3n) is 2.51. The van der Waals surface area contributed by atoms with Crippen molar-refractivity contribution in [3.8, 4) is 5.75 Å². The van der Waals surface area contributed by atoms with Crippen LogP contribution in [-0.4, -0.2) is 12.4 Å². The van der Waals surface area contributed by atoms with Crippen LogP contribution in [0, 0.1) is 11.7 Å². The van der Waals surface area contributed by atoms with Gasteiger partial charge in [-0.1, -0.05) is 13.8 Å². The maximum Gasteiger partial charge on any atom is 0.163 e. The predicted octanol–water partition coefficient (Wildman–Crippen LogP) is 3.84. The fourth-order valence-electron chi connectivity index (χ4n) is 1.58. The van der Waals surface area contributed by atoms with Crippen molar-refractivity contribution in [1.82, 2.24) is 0 Å². The van der Waals surface area contributed by atoms with E-state index in [1.807, 2.05) is 0 Å². The molecule has 0 aliphatic heterocycles. The first-order valence-corrected chi connectivity index (χ1v) is 5.94. The van der Waals surface area contributed by atoms with Crippen LogP contribution in [0.4, 0.5) is 4.39 Å². The van der Waals surface area contributed by atoms with Gasteiger partial charge in [0.2, 0.25) is 0 Å². The van der Waals surface area contributed by atoms with E-state index in [2.05, 4.69) is 13.8 Å². The molecule has 0 N–H and O–H groups in total. The van der Waals surface area contributed by atoms with Crippen LogP contribution in [0.5, 0.6) is 5.75 Å². The molecule has 0 saturated heterocycles. The van der Waals surface area contributed by atoms with Gasteiger partial charge in [0.15, 0.2) is 5.78 Å². The van der Waals surface area contributed by atoms with Gasteiger partial charge in [0.1, 0.15) is 11.6 Å². The first kappa shape index (κ1) is 13.7. The lowest BCUT2D eigenvalue weighted by Gasteiger charge is -2.10. The normalized spacial score (nSPS) is 10.6. The zero-order valence-electron chi connectivity index (χ0n) is 10.6. The topological polar surface area (TPSA) is 26.3 Å². The molecule has 0 bridgehead atoms. The molecule has 1 aromatic carbocycles.